The molecule has 0 N–H and O–H groups in total. The van der Waals surface area contributed by atoms with E-state index < -0.39 is 0 Å². The topological polar surface area (TPSA) is 0 Å². The zero-order valence-corrected chi connectivity index (χ0v) is 29.5. The van der Waals surface area contributed by atoms with Crippen molar-refractivity contribution in [3.8, 4) is 0 Å². The molecule has 0 spiro atoms. The van der Waals surface area contributed by atoms with Crippen LogP contribution in [0.3, 0.4) is 0 Å². The molecule has 0 aromatic rings. The van der Waals surface area contributed by atoms with Crippen molar-refractivity contribution in [3.63, 3.8) is 0 Å². The molecule has 0 aromatic heterocycles. The molecule has 0 heterocycles. The average Bonchev–Trinajstić information content (AvgIpc) is 2.58. The minimum absolute atomic E-state index is 0. The van der Waals surface area contributed by atoms with Crippen LogP contribution >= 0.6 is 0 Å². The SMILES string of the molecule is CC.CC.CC.CC.CCC.CCC.CCC.CCC.CCC.F.[2HH].[H-].[HH].[K+].[Y]. The zero-order valence-electron chi connectivity index (χ0n) is 24.5. The van der Waals surface area contributed by atoms with Crippen molar-refractivity contribution in [3.05, 3.63) is 0 Å². The maximum Gasteiger partial charge on any atom is 1.00 e. The van der Waals surface area contributed by atoms with Gasteiger partial charge in [-0.1, -0.05) is 157 Å². The normalized spacial score (nSPS) is 4.38. The Hall–Kier alpha value is 2.67. The predicted molar refractivity (Wildman–Crippen MR) is 133 cm³/mol. The molecular weight excluding hydrogens is 423 g/mol. The number of hydrogen-bond donors (Lipinski definition) is 0. The minimum atomic E-state index is 0. The van der Waals surface area contributed by atoms with Gasteiger partial charge in [0.1, 0.15) is 0 Å². The third-order valence-corrected chi connectivity index (χ3v) is 0. The van der Waals surface area contributed by atoms with Crippen molar-refractivity contribution in [2.75, 3.05) is 0 Å². The van der Waals surface area contributed by atoms with Crippen LogP contribution in [0, 0.1) is 0 Å². The Labute approximate surface area is 246 Å². The molecule has 173 valence electrons. The monoisotopic (exact) mass is 494 g/mol. The van der Waals surface area contributed by atoms with Crippen LogP contribution in [-0.4, -0.2) is 0 Å². The second kappa shape index (κ2) is 335. The molecule has 0 bridgehead atoms. The number of hydrogen-bond acceptors (Lipinski definition) is 0. The van der Waals surface area contributed by atoms with Crippen molar-refractivity contribution < 1.29 is 93.1 Å². The summed E-state index contributed by atoms with van der Waals surface area (Å²) < 4.78 is 0. The summed E-state index contributed by atoms with van der Waals surface area (Å²) >= 11 is 0. The summed E-state index contributed by atoms with van der Waals surface area (Å²) in [6.45, 7) is 37.2. The van der Waals surface area contributed by atoms with E-state index in [2.05, 4.69) is 69.2 Å². The molecule has 0 saturated carbocycles. The fourth-order valence-corrected chi connectivity index (χ4v) is 0. The smallest absolute Gasteiger partial charge is 1.00 e. The maximum atomic E-state index is 2.12. The van der Waals surface area contributed by atoms with E-state index in [4.69, 9.17) is 0 Å². The molecule has 26 heavy (non-hydrogen) atoms. The summed E-state index contributed by atoms with van der Waals surface area (Å²) in [5.74, 6) is 0. The van der Waals surface area contributed by atoms with Crippen LogP contribution in [0.25, 0.3) is 0 Å². The molecule has 0 aliphatic carbocycles. The summed E-state index contributed by atoms with van der Waals surface area (Å²) in [6.07, 6.45) is 6.25. The van der Waals surface area contributed by atoms with E-state index >= 15 is 0 Å². The van der Waals surface area contributed by atoms with Crippen LogP contribution in [0.4, 0.5) is 4.70 Å². The van der Waals surface area contributed by atoms with Crippen LogP contribution in [0.1, 0.15) is 161 Å². The Bertz CT molecular complexity index is 43.7. The van der Waals surface area contributed by atoms with Gasteiger partial charge in [0.25, 0.3) is 0 Å². The summed E-state index contributed by atoms with van der Waals surface area (Å²) in [7, 11) is 0. The van der Waals surface area contributed by atoms with E-state index in [9.17, 15) is 0 Å². The van der Waals surface area contributed by atoms with Gasteiger partial charge in [-0.2, -0.15) is 0 Å². The summed E-state index contributed by atoms with van der Waals surface area (Å²) in [6, 6.07) is 0. The largest absolute Gasteiger partial charge is 1.00 e. The summed E-state index contributed by atoms with van der Waals surface area (Å²) in [5.41, 5.74) is 0. The van der Waals surface area contributed by atoms with Crippen LogP contribution in [-0.2, 0) is 32.7 Å². The molecule has 0 aliphatic rings. The molecule has 0 unspecified atom stereocenters. The summed E-state index contributed by atoms with van der Waals surface area (Å²) in [5, 5.41) is 0. The van der Waals surface area contributed by atoms with Crippen LogP contribution in [0.15, 0.2) is 0 Å². The molecule has 0 aromatic carbocycles. The Balaban J connectivity index is -0.00000000574. The first-order valence-electron chi connectivity index (χ1n) is 11.1. The van der Waals surface area contributed by atoms with E-state index in [-0.39, 0.29) is 93.1 Å². The zero-order chi connectivity index (χ0) is 21.5. The first-order valence-corrected chi connectivity index (χ1v) is 11.1. The third kappa shape index (κ3) is 2460. The van der Waals surface area contributed by atoms with Crippen molar-refractivity contribution >= 4 is 0 Å². The first kappa shape index (κ1) is 79.0. The van der Waals surface area contributed by atoms with Gasteiger partial charge in [-0.25, -0.2) is 0 Å². The van der Waals surface area contributed by atoms with Gasteiger partial charge in [0.15, 0.2) is 0 Å². The second-order valence-corrected chi connectivity index (χ2v) is 3.54. The fraction of sp³-hybridized carbons (Fsp3) is 1.00. The molecular formula is C23H70FKY. The molecule has 0 nitrogen and oxygen atoms in total. The number of halogens is 1. The minimum Gasteiger partial charge on any atom is -1.00 e. The molecule has 0 saturated heterocycles. The molecule has 0 amide bonds. The van der Waals surface area contributed by atoms with Crippen LogP contribution < -0.4 is 51.4 Å². The molecule has 0 aliphatic heterocycles. The van der Waals surface area contributed by atoms with E-state index in [1.807, 2.05) is 55.4 Å². The molecule has 0 rings (SSSR count). The van der Waals surface area contributed by atoms with Gasteiger partial charge in [0.05, 0.1) is 0 Å². The maximum absolute atomic E-state index is 2.12. The predicted octanol–water partition coefficient (Wildman–Crippen LogP) is 8.94. The van der Waals surface area contributed by atoms with E-state index in [0.717, 1.165) is 0 Å². The van der Waals surface area contributed by atoms with E-state index in [1.165, 1.54) is 32.1 Å². The Morgan fingerprint density at radius 2 is 0.423 bits per heavy atom. The Morgan fingerprint density at radius 1 is 0.423 bits per heavy atom. The van der Waals surface area contributed by atoms with E-state index in [0.29, 0.717) is 0 Å². The van der Waals surface area contributed by atoms with Gasteiger partial charge < -0.3 is 1.43 Å². The fourth-order valence-electron chi connectivity index (χ4n) is 0. The Kier molecular flexibility index (Phi) is 1020. The third-order valence-electron chi connectivity index (χ3n) is 0. The first-order chi connectivity index (χ1) is 11.1. The van der Waals surface area contributed by atoms with Gasteiger partial charge in [-0.15, -0.1) is 0 Å². The molecule has 0 fully saturated rings. The van der Waals surface area contributed by atoms with Crippen molar-refractivity contribution in [2.45, 2.75) is 157 Å². The molecule has 1 radical (unpaired) electrons. The van der Waals surface area contributed by atoms with Crippen LogP contribution in [0.5, 0.6) is 0 Å². The second-order valence-electron chi connectivity index (χ2n) is 3.54. The summed E-state index contributed by atoms with van der Waals surface area (Å²) in [4.78, 5) is 0. The van der Waals surface area contributed by atoms with Crippen molar-refractivity contribution in [1.29, 1.82) is 0 Å². The van der Waals surface area contributed by atoms with Gasteiger partial charge in [0, 0.05) is 35.6 Å². The molecule has 0 atom stereocenters. The molecule has 3 heteroatoms. The van der Waals surface area contributed by atoms with E-state index in [1.54, 1.807) is 0 Å². The van der Waals surface area contributed by atoms with Gasteiger partial charge in [0.2, 0.25) is 0 Å². The number of rotatable bonds is 0. The quantitative estimate of drug-likeness (QED) is 0.295. The van der Waals surface area contributed by atoms with Gasteiger partial charge in [-0.05, 0) is 0 Å². The standard InChI is InChI=1S/5C3H8.4C2H6.FH.K.Y.2H2.H/c5*1-3-2;4*1-2;;;;;;/h5*3H2,1-2H3;4*1-2H3;1H;;;2*1H;/q;;;;;;;;;;+1;;;;-1/i;;;;;;;;;;;;1+1;;. The van der Waals surface area contributed by atoms with Crippen LogP contribution in [0.2, 0.25) is 0 Å². The van der Waals surface area contributed by atoms with Gasteiger partial charge >= 0.3 is 51.4 Å². The van der Waals surface area contributed by atoms with Gasteiger partial charge in [-0.3, -0.25) is 4.70 Å². The average molecular weight is 495 g/mol. The van der Waals surface area contributed by atoms with Crippen molar-refractivity contribution in [1.82, 2.24) is 0 Å². The Morgan fingerprint density at radius 3 is 0.423 bits per heavy atom. The van der Waals surface area contributed by atoms with Crippen molar-refractivity contribution in [2.24, 2.45) is 0 Å².